The summed E-state index contributed by atoms with van der Waals surface area (Å²) in [6.07, 6.45) is 1.50. The molecule has 1 radical (unpaired) electrons. The van der Waals surface area contributed by atoms with E-state index in [0.717, 1.165) is 0 Å². The van der Waals surface area contributed by atoms with Crippen LogP contribution in [0.15, 0.2) is 36.5 Å². The van der Waals surface area contributed by atoms with Crippen molar-refractivity contribution in [1.29, 1.82) is 5.26 Å². The van der Waals surface area contributed by atoms with Gasteiger partial charge in [0.05, 0.1) is 5.56 Å². The number of nitriles is 1. The van der Waals surface area contributed by atoms with Gasteiger partial charge in [-0.3, -0.25) is 0 Å². The minimum Gasteiger partial charge on any atom is -0.438 e. The Balaban J connectivity index is 2.32. The molecule has 2 rings (SSSR count). The molecule has 0 aliphatic carbocycles. The van der Waals surface area contributed by atoms with E-state index in [2.05, 4.69) is 11.1 Å². The van der Waals surface area contributed by atoms with E-state index in [0.29, 0.717) is 22.2 Å². The zero-order valence-electron chi connectivity index (χ0n) is 8.14. The fourth-order valence-electron chi connectivity index (χ4n) is 1.16. The van der Waals surface area contributed by atoms with Crippen LogP contribution in [0.3, 0.4) is 0 Å². The van der Waals surface area contributed by atoms with E-state index >= 15 is 0 Å². The molecular weight excluding hydrogens is 224 g/mol. The molecule has 16 heavy (non-hydrogen) atoms. The molecule has 0 N–H and O–H groups in total. The largest absolute Gasteiger partial charge is 0.438 e. The quantitative estimate of drug-likeness (QED) is 0.795. The summed E-state index contributed by atoms with van der Waals surface area (Å²) < 4.78 is 5.44. The first-order chi connectivity index (χ1) is 7.79. The molecular formula is C12H6ClN2O. The van der Waals surface area contributed by atoms with E-state index in [1.54, 1.807) is 30.3 Å². The van der Waals surface area contributed by atoms with Crippen LogP contribution in [0.5, 0.6) is 11.6 Å². The van der Waals surface area contributed by atoms with Crippen LogP contribution >= 0.6 is 11.6 Å². The maximum absolute atomic E-state index is 8.91. The Labute approximate surface area is 97.9 Å². The van der Waals surface area contributed by atoms with E-state index in [-0.39, 0.29) is 0 Å². The van der Waals surface area contributed by atoms with Gasteiger partial charge in [-0.2, -0.15) is 5.26 Å². The summed E-state index contributed by atoms with van der Waals surface area (Å²) in [6.45, 7) is 0. The topological polar surface area (TPSA) is 45.9 Å². The minimum absolute atomic E-state index is 0.377. The third-order valence-corrected chi connectivity index (χ3v) is 2.10. The lowest BCUT2D eigenvalue weighted by Crippen LogP contribution is -1.90. The number of benzene rings is 1. The molecule has 0 saturated carbocycles. The molecule has 77 valence electrons. The zero-order valence-corrected chi connectivity index (χ0v) is 8.90. The second-order valence-electron chi connectivity index (χ2n) is 2.95. The van der Waals surface area contributed by atoms with Crippen molar-refractivity contribution in [2.45, 2.75) is 0 Å². The highest BCUT2D eigenvalue weighted by Crippen LogP contribution is 2.25. The number of hydrogen-bond donors (Lipinski definition) is 0. The number of hydrogen-bond acceptors (Lipinski definition) is 3. The van der Waals surface area contributed by atoms with Gasteiger partial charge in [-0.25, -0.2) is 4.98 Å². The number of ether oxygens (including phenoxy) is 1. The first-order valence-corrected chi connectivity index (χ1v) is 4.87. The number of rotatable bonds is 2. The molecule has 0 amide bonds. The molecule has 1 aromatic carbocycles. The van der Waals surface area contributed by atoms with Gasteiger partial charge in [0.15, 0.2) is 0 Å². The highest BCUT2D eigenvalue weighted by Gasteiger charge is 2.05. The molecule has 4 heteroatoms. The SMILES string of the molecule is N#Cc1cc(Cl)ccc1Oc1cc[c]cn1. The van der Waals surface area contributed by atoms with Gasteiger partial charge in [0.1, 0.15) is 11.8 Å². The van der Waals surface area contributed by atoms with Crippen LogP contribution in [-0.2, 0) is 0 Å². The Bertz CT molecular complexity index is 534. The van der Waals surface area contributed by atoms with E-state index in [1.165, 1.54) is 6.20 Å². The summed E-state index contributed by atoms with van der Waals surface area (Å²) in [4.78, 5) is 3.95. The summed E-state index contributed by atoms with van der Waals surface area (Å²) in [6, 6.07) is 13.0. The first kappa shape index (κ1) is 10.5. The fourth-order valence-corrected chi connectivity index (χ4v) is 1.33. The average molecular weight is 230 g/mol. The van der Waals surface area contributed by atoms with Crippen LogP contribution in [0.25, 0.3) is 0 Å². The Morgan fingerprint density at radius 3 is 2.94 bits per heavy atom. The number of nitrogens with zero attached hydrogens (tertiary/aromatic N) is 2. The third-order valence-electron chi connectivity index (χ3n) is 1.87. The van der Waals surface area contributed by atoms with Gasteiger partial charge in [-0.1, -0.05) is 11.6 Å². The van der Waals surface area contributed by atoms with Crippen molar-refractivity contribution in [3.05, 3.63) is 53.2 Å². The fraction of sp³-hybridized carbons (Fsp3) is 0. The summed E-state index contributed by atoms with van der Waals surface area (Å²) >= 11 is 5.77. The molecule has 1 heterocycles. The third kappa shape index (κ3) is 2.30. The maximum atomic E-state index is 8.91. The van der Waals surface area contributed by atoms with Crippen molar-refractivity contribution < 1.29 is 4.74 Å². The second-order valence-corrected chi connectivity index (χ2v) is 3.39. The molecule has 3 nitrogen and oxygen atoms in total. The summed E-state index contributed by atoms with van der Waals surface area (Å²) in [7, 11) is 0. The van der Waals surface area contributed by atoms with Gasteiger partial charge in [0.2, 0.25) is 5.88 Å². The van der Waals surface area contributed by atoms with Crippen molar-refractivity contribution >= 4 is 11.6 Å². The van der Waals surface area contributed by atoms with E-state index < -0.39 is 0 Å². The highest BCUT2D eigenvalue weighted by atomic mass is 35.5. The van der Waals surface area contributed by atoms with Crippen molar-refractivity contribution in [3.8, 4) is 17.7 Å². The van der Waals surface area contributed by atoms with Crippen LogP contribution in [0.1, 0.15) is 5.56 Å². The molecule has 0 saturated heterocycles. The standard InChI is InChI=1S/C12H6ClN2O/c13-10-4-5-11(9(7-10)8-14)16-12-3-1-2-6-15-12/h1,3-7H. The van der Waals surface area contributed by atoms with Crippen LogP contribution in [0.2, 0.25) is 5.02 Å². The Kier molecular flexibility index (Phi) is 3.04. The lowest BCUT2D eigenvalue weighted by Gasteiger charge is -2.05. The van der Waals surface area contributed by atoms with Crippen LogP contribution in [0, 0.1) is 17.4 Å². The van der Waals surface area contributed by atoms with Crippen molar-refractivity contribution in [2.24, 2.45) is 0 Å². The van der Waals surface area contributed by atoms with E-state index in [9.17, 15) is 0 Å². The van der Waals surface area contributed by atoms with Crippen molar-refractivity contribution in [1.82, 2.24) is 4.98 Å². The Hall–Kier alpha value is -2.05. The monoisotopic (exact) mass is 229 g/mol. The first-order valence-electron chi connectivity index (χ1n) is 4.49. The summed E-state index contributed by atoms with van der Waals surface area (Å²) in [5, 5.41) is 9.40. The Morgan fingerprint density at radius 2 is 2.25 bits per heavy atom. The molecule has 2 aromatic rings. The Morgan fingerprint density at radius 1 is 1.38 bits per heavy atom. The van der Waals surface area contributed by atoms with Gasteiger partial charge in [-0.15, -0.1) is 0 Å². The van der Waals surface area contributed by atoms with Gasteiger partial charge in [0, 0.05) is 23.4 Å². The van der Waals surface area contributed by atoms with E-state index in [4.69, 9.17) is 21.6 Å². The lowest BCUT2D eigenvalue weighted by atomic mass is 10.2. The molecule has 1 aromatic heterocycles. The molecule has 0 bridgehead atoms. The van der Waals surface area contributed by atoms with Crippen molar-refractivity contribution in [2.75, 3.05) is 0 Å². The van der Waals surface area contributed by atoms with Crippen LogP contribution in [-0.4, -0.2) is 4.98 Å². The second kappa shape index (κ2) is 4.65. The van der Waals surface area contributed by atoms with Gasteiger partial charge >= 0.3 is 0 Å². The van der Waals surface area contributed by atoms with E-state index in [1.807, 2.05) is 6.07 Å². The number of aromatic nitrogens is 1. The number of pyridine rings is 1. The normalized spacial score (nSPS) is 9.50. The van der Waals surface area contributed by atoms with Gasteiger partial charge < -0.3 is 4.74 Å². The van der Waals surface area contributed by atoms with Gasteiger partial charge in [-0.05, 0) is 24.3 Å². The molecule has 0 atom stereocenters. The zero-order chi connectivity index (χ0) is 11.4. The van der Waals surface area contributed by atoms with Crippen molar-refractivity contribution in [3.63, 3.8) is 0 Å². The molecule has 0 unspecified atom stereocenters. The van der Waals surface area contributed by atoms with Gasteiger partial charge in [0.25, 0.3) is 0 Å². The maximum Gasteiger partial charge on any atom is 0.219 e. The highest BCUT2D eigenvalue weighted by molar-refractivity contribution is 6.30. The number of halogens is 1. The molecule has 0 aliphatic heterocycles. The van der Waals surface area contributed by atoms with Crippen LogP contribution < -0.4 is 4.74 Å². The predicted molar refractivity (Wildman–Crippen MR) is 59.3 cm³/mol. The van der Waals surface area contributed by atoms with Crippen LogP contribution in [0.4, 0.5) is 0 Å². The predicted octanol–water partition coefficient (Wildman–Crippen LogP) is 3.20. The molecule has 0 aliphatic rings. The summed E-state index contributed by atoms with van der Waals surface area (Å²) in [5.74, 6) is 0.850. The molecule has 0 spiro atoms. The lowest BCUT2D eigenvalue weighted by molar-refractivity contribution is 0.461. The summed E-state index contributed by atoms with van der Waals surface area (Å²) in [5.41, 5.74) is 0.377. The molecule has 0 fully saturated rings. The average Bonchev–Trinajstić information content (AvgIpc) is 2.33. The smallest absolute Gasteiger partial charge is 0.219 e. The minimum atomic E-state index is 0.377.